The summed E-state index contributed by atoms with van der Waals surface area (Å²) in [4.78, 5) is -0.0673. The fourth-order valence-electron chi connectivity index (χ4n) is 1.27. The molecule has 0 saturated heterocycles. The van der Waals surface area contributed by atoms with E-state index in [9.17, 15) is 4.57 Å². The molecule has 0 radical (unpaired) electrons. The highest BCUT2D eigenvalue weighted by Crippen LogP contribution is 2.59. The molecule has 0 bridgehead atoms. The van der Waals surface area contributed by atoms with Crippen LogP contribution in [0.1, 0.15) is 41.0 Å². The Balaban J connectivity index is 4.74. The van der Waals surface area contributed by atoms with Gasteiger partial charge < -0.3 is 9.05 Å². The minimum absolute atomic E-state index is 0.0673. The van der Waals surface area contributed by atoms with Gasteiger partial charge in [0.15, 0.2) is 0 Å². The van der Waals surface area contributed by atoms with Crippen molar-refractivity contribution in [1.82, 2.24) is 0 Å². The van der Waals surface area contributed by atoms with Crippen molar-refractivity contribution in [2.45, 2.75) is 58.2 Å². The van der Waals surface area contributed by atoms with Crippen LogP contribution >= 0.6 is 19.4 Å². The summed E-state index contributed by atoms with van der Waals surface area (Å²) in [5.41, 5.74) is 0. The van der Waals surface area contributed by atoms with Crippen molar-refractivity contribution in [3.8, 4) is 0 Å². The third-order valence-corrected chi connectivity index (χ3v) is 6.48. The quantitative estimate of drug-likeness (QED) is 0.640. The maximum atomic E-state index is 12.5. The highest BCUT2D eigenvalue weighted by atomic mass is 32.2. The van der Waals surface area contributed by atoms with E-state index in [2.05, 4.69) is 0 Å². The molecule has 3 nitrogen and oxygen atoms in total. The van der Waals surface area contributed by atoms with Crippen molar-refractivity contribution in [3.05, 3.63) is 0 Å². The molecule has 0 spiro atoms. The molecule has 1 unspecified atom stereocenters. The Hall–Kier alpha value is 0.500. The van der Waals surface area contributed by atoms with Gasteiger partial charge in [-0.25, -0.2) is 0 Å². The van der Waals surface area contributed by atoms with Crippen LogP contribution in [0.4, 0.5) is 0 Å². The molecular formula is C10H23O3PS. The fourth-order valence-corrected chi connectivity index (χ4v) is 4.88. The second-order valence-corrected chi connectivity index (χ2v) is 7.46. The molecule has 1 atom stereocenters. The van der Waals surface area contributed by atoms with Crippen LogP contribution in [0.25, 0.3) is 0 Å². The van der Waals surface area contributed by atoms with Gasteiger partial charge in [0, 0.05) is 0 Å². The first-order chi connectivity index (χ1) is 6.85. The lowest BCUT2D eigenvalue weighted by molar-refractivity contribution is 0.141. The van der Waals surface area contributed by atoms with Crippen LogP contribution in [-0.4, -0.2) is 23.5 Å². The van der Waals surface area contributed by atoms with Crippen LogP contribution in [0.3, 0.4) is 0 Å². The SMILES string of the molecule is CCC(SC)P(=O)(OC(C)C)OC(C)C. The molecule has 5 heteroatoms. The lowest BCUT2D eigenvalue weighted by Crippen LogP contribution is -2.15. The average Bonchev–Trinajstić information content (AvgIpc) is 2.01. The van der Waals surface area contributed by atoms with Crippen molar-refractivity contribution >= 4 is 19.4 Å². The summed E-state index contributed by atoms with van der Waals surface area (Å²) >= 11 is 1.55. The van der Waals surface area contributed by atoms with E-state index in [1.807, 2.05) is 40.9 Å². The van der Waals surface area contributed by atoms with Crippen molar-refractivity contribution in [1.29, 1.82) is 0 Å². The summed E-state index contributed by atoms with van der Waals surface area (Å²) < 4.78 is 23.5. The molecule has 0 fully saturated rings. The van der Waals surface area contributed by atoms with Crippen molar-refractivity contribution in [3.63, 3.8) is 0 Å². The van der Waals surface area contributed by atoms with Crippen LogP contribution < -0.4 is 0 Å². The molecule has 0 aliphatic heterocycles. The van der Waals surface area contributed by atoms with Crippen LogP contribution in [0, 0.1) is 0 Å². The zero-order valence-electron chi connectivity index (χ0n) is 10.5. The number of rotatable bonds is 7. The van der Waals surface area contributed by atoms with E-state index in [0.717, 1.165) is 6.42 Å². The Kier molecular flexibility index (Phi) is 7.18. The summed E-state index contributed by atoms with van der Waals surface area (Å²) in [6, 6.07) is 0. The summed E-state index contributed by atoms with van der Waals surface area (Å²) in [5, 5.41) is 0. The van der Waals surface area contributed by atoms with Gasteiger partial charge in [-0.15, -0.1) is 11.8 Å². The summed E-state index contributed by atoms with van der Waals surface area (Å²) in [5.74, 6) is 0. The first kappa shape index (κ1) is 15.5. The van der Waals surface area contributed by atoms with Gasteiger partial charge in [0.2, 0.25) is 0 Å². The van der Waals surface area contributed by atoms with Crippen LogP contribution in [0.2, 0.25) is 0 Å². The molecule has 0 aromatic heterocycles. The Morgan fingerprint density at radius 1 is 1.13 bits per heavy atom. The van der Waals surface area contributed by atoms with Gasteiger partial charge in [-0.05, 0) is 40.4 Å². The highest BCUT2D eigenvalue weighted by molar-refractivity contribution is 8.04. The van der Waals surface area contributed by atoms with E-state index in [-0.39, 0.29) is 17.2 Å². The van der Waals surface area contributed by atoms with Gasteiger partial charge in [0.05, 0.1) is 12.2 Å². The third kappa shape index (κ3) is 5.39. The van der Waals surface area contributed by atoms with E-state index >= 15 is 0 Å². The number of hydrogen-bond acceptors (Lipinski definition) is 4. The van der Waals surface area contributed by atoms with Gasteiger partial charge in [0.1, 0.15) is 4.99 Å². The Bertz CT molecular complexity index is 201. The van der Waals surface area contributed by atoms with Crippen molar-refractivity contribution in [2.24, 2.45) is 0 Å². The topological polar surface area (TPSA) is 35.5 Å². The van der Waals surface area contributed by atoms with Gasteiger partial charge in [0.25, 0.3) is 0 Å². The molecule has 92 valence electrons. The largest absolute Gasteiger partial charge is 0.343 e. The normalized spacial score (nSPS) is 14.9. The van der Waals surface area contributed by atoms with Gasteiger partial charge in [-0.1, -0.05) is 6.92 Å². The Labute approximate surface area is 97.8 Å². The first-order valence-electron chi connectivity index (χ1n) is 5.35. The van der Waals surface area contributed by atoms with E-state index in [0.29, 0.717) is 0 Å². The first-order valence-corrected chi connectivity index (χ1v) is 8.25. The maximum absolute atomic E-state index is 12.5. The van der Waals surface area contributed by atoms with E-state index in [1.54, 1.807) is 11.8 Å². The number of thioether (sulfide) groups is 1. The fraction of sp³-hybridized carbons (Fsp3) is 1.00. The molecule has 0 aliphatic carbocycles. The van der Waals surface area contributed by atoms with Crippen molar-refractivity contribution in [2.75, 3.05) is 6.26 Å². The standard InChI is InChI=1S/C10H23O3PS/c1-7-10(15-6)14(11,12-8(2)3)13-9(4)5/h8-10H,7H2,1-6H3. The van der Waals surface area contributed by atoms with Crippen LogP contribution in [0.5, 0.6) is 0 Å². The van der Waals surface area contributed by atoms with Gasteiger partial charge >= 0.3 is 7.60 Å². The summed E-state index contributed by atoms with van der Waals surface area (Å²) in [6.07, 6.45) is 2.58. The van der Waals surface area contributed by atoms with E-state index in [1.165, 1.54) is 0 Å². The average molecular weight is 254 g/mol. The molecule has 0 amide bonds. The predicted octanol–water partition coefficient (Wildman–Crippen LogP) is 4.13. The smallest absolute Gasteiger partial charge is 0.305 e. The molecule has 0 rings (SSSR count). The molecule has 0 aromatic rings. The molecule has 0 heterocycles. The molecule has 0 aromatic carbocycles. The second kappa shape index (κ2) is 6.95. The Morgan fingerprint density at radius 2 is 1.53 bits per heavy atom. The highest BCUT2D eigenvalue weighted by Gasteiger charge is 2.36. The second-order valence-electron chi connectivity index (χ2n) is 3.95. The molecule has 0 saturated carbocycles. The minimum Gasteiger partial charge on any atom is -0.305 e. The van der Waals surface area contributed by atoms with E-state index < -0.39 is 7.60 Å². The summed E-state index contributed by atoms with van der Waals surface area (Å²) in [7, 11) is -2.98. The maximum Gasteiger partial charge on any atom is 0.343 e. The molecular weight excluding hydrogens is 231 g/mol. The molecule has 15 heavy (non-hydrogen) atoms. The molecule has 0 aliphatic rings. The van der Waals surface area contributed by atoms with Crippen LogP contribution in [-0.2, 0) is 13.6 Å². The zero-order chi connectivity index (χ0) is 12.1. The third-order valence-electron chi connectivity index (χ3n) is 1.69. The van der Waals surface area contributed by atoms with Crippen LogP contribution in [0.15, 0.2) is 0 Å². The van der Waals surface area contributed by atoms with Gasteiger partial charge in [-0.2, -0.15) is 0 Å². The predicted molar refractivity (Wildman–Crippen MR) is 67.6 cm³/mol. The zero-order valence-corrected chi connectivity index (χ0v) is 12.2. The lowest BCUT2D eigenvalue weighted by atomic mass is 10.5. The molecule has 0 N–H and O–H groups in total. The van der Waals surface area contributed by atoms with E-state index in [4.69, 9.17) is 9.05 Å². The Morgan fingerprint density at radius 3 is 1.73 bits per heavy atom. The van der Waals surface area contributed by atoms with Crippen molar-refractivity contribution < 1.29 is 13.6 Å². The minimum atomic E-state index is -2.98. The lowest BCUT2D eigenvalue weighted by Gasteiger charge is -2.28. The number of hydrogen-bond donors (Lipinski definition) is 0. The summed E-state index contributed by atoms with van der Waals surface area (Å²) in [6.45, 7) is 9.51. The van der Waals surface area contributed by atoms with Gasteiger partial charge in [-0.3, -0.25) is 4.57 Å². The monoisotopic (exact) mass is 254 g/mol.